The molecule has 0 spiro atoms. The number of piperazine rings is 1. The average molecular weight is 349 g/mol. The molecule has 0 bridgehead atoms. The Morgan fingerprint density at radius 2 is 1.91 bits per heavy atom. The molecule has 1 fully saturated rings. The number of benzene rings is 1. The zero-order valence-corrected chi connectivity index (χ0v) is 13.9. The van der Waals surface area contributed by atoms with Gasteiger partial charge in [-0.15, -0.1) is 0 Å². The van der Waals surface area contributed by atoms with Crippen LogP contribution in [-0.2, 0) is 10.2 Å². The molecule has 0 radical (unpaired) electrons. The molecule has 1 aromatic carbocycles. The molecule has 0 amide bonds. The van der Waals surface area contributed by atoms with E-state index in [1.165, 1.54) is 10.4 Å². The highest BCUT2D eigenvalue weighted by Crippen LogP contribution is 2.17. The largest absolute Gasteiger partial charge is 0.489 e. The van der Waals surface area contributed by atoms with Crippen LogP contribution in [0.5, 0.6) is 5.75 Å². The lowest BCUT2D eigenvalue weighted by atomic mass is 10.3. The molecular weight excluding hydrogens is 328 g/mol. The predicted molar refractivity (Wildman–Crippen MR) is 82.4 cm³/mol. The van der Waals surface area contributed by atoms with Crippen molar-refractivity contribution < 1.29 is 21.9 Å². The molecular formula is C14H21F2N3O3S. The van der Waals surface area contributed by atoms with E-state index < -0.39 is 27.9 Å². The van der Waals surface area contributed by atoms with Gasteiger partial charge in [0, 0.05) is 32.2 Å². The first-order chi connectivity index (χ1) is 10.8. The fourth-order valence-corrected chi connectivity index (χ4v) is 3.57. The molecule has 1 heterocycles. The summed E-state index contributed by atoms with van der Waals surface area (Å²) in [6, 6.07) is 2.42. The van der Waals surface area contributed by atoms with Gasteiger partial charge in [0.15, 0.2) is 11.6 Å². The monoisotopic (exact) mass is 349 g/mol. The van der Waals surface area contributed by atoms with Crippen LogP contribution >= 0.6 is 0 Å². The summed E-state index contributed by atoms with van der Waals surface area (Å²) in [4.78, 5) is 2.05. The summed E-state index contributed by atoms with van der Waals surface area (Å²) in [7, 11) is -1.67. The Balaban J connectivity index is 1.87. The van der Waals surface area contributed by atoms with E-state index >= 15 is 0 Å². The van der Waals surface area contributed by atoms with Crippen molar-refractivity contribution in [2.75, 3.05) is 39.8 Å². The lowest BCUT2D eigenvalue weighted by molar-refractivity contribution is 0.218. The van der Waals surface area contributed by atoms with Crippen LogP contribution in [0.3, 0.4) is 0 Å². The Kier molecular flexibility index (Phi) is 5.90. The van der Waals surface area contributed by atoms with Crippen LogP contribution in [0, 0.1) is 11.6 Å². The fourth-order valence-electron chi connectivity index (χ4n) is 2.20. The number of rotatable bonds is 6. The second-order valence-corrected chi connectivity index (χ2v) is 7.31. The van der Waals surface area contributed by atoms with Crippen LogP contribution in [0.4, 0.5) is 8.78 Å². The fraction of sp³-hybridized carbons (Fsp3) is 0.571. The number of hydrogen-bond acceptors (Lipinski definition) is 4. The SMILES string of the molecule is CC(COc1ccc(F)cc1F)NS(=O)(=O)N1CCN(C)CC1. The molecule has 0 aromatic heterocycles. The van der Waals surface area contributed by atoms with E-state index in [2.05, 4.69) is 9.62 Å². The molecule has 1 aliphatic heterocycles. The smallest absolute Gasteiger partial charge is 0.279 e. The highest BCUT2D eigenvalue weighted by molar-refractivity contribution is 7.87. The van der Waals surface area contributed by atoms with Crippen LogP contribution in [0.1, 0.15) is 6.92 Å². The first-order valence-corrected chi connectivity index (χ1v) is 8.76. The molecule has 1 N–H and O–H groups in total. The van der Waals surface area contributed by atoms with E-state index in [4.69, 9.17) is 4.74 Å². The summed E-state index contributed by atoms with van der Waals surface area (Å²) in [6.45, 7) is 3.75. The van der Waals surface area contributed by atoms with Gasteiger partial charge < -0.3 is 9.64 Å². The van der Waals surface area contributed by atoms with Crippen LogP contribution in [0.15, 0.2) is 18.2 Å². The van der Waals surface area contributed by atoms with Gasteiger partial charge in [0.2, 0.25) is 0 Å². The third-order valence-corrected chi connectivity index (χ3v) is 5.28. The topological polar surface area (TPSA) is 61.9 Å². The van der Waals surface area contributed by atoms with Gasteiger partial charge in [0.1, 0.15) is 12.4 Å². The quantitative estimate of drug-likeness (QED) is 0.826. The van der Waals surface area contributed by atoms with Gasteiger partial charge in [0.25, 0.3) is 10.2 Å². The zero-order chi connectivity index (χ0) is 17.0. The zero-order valence-electron chi connectivity index (χ0n) is 13.1. The highest BCUT2D eigenvalue weighted by Gasteiger charge is 2.27. The van der Waals surface area contributed by atoms with Gasteiger partial charge in [0.05, 0.1) is 6.04 Å². The summed E-state index contributed by atoms with van der Waals surface area (Å²) in [5, 5.41) is 0. The first-order valence-electron chi connectivity index (χ1n) is 7.32. The van der Waals surface area contributed by atoms with Crippen LogP contribution < -0.4 is 9.46 Å². The number of halogens is 2. The molecule has 2 rings (SSSR count). The number of nitrogens with one attached hydrogen (secondary N) is 1. The van der Waals surface area contributed by atoms with Crippen molar-refractivity contribution in [3.05, 3.63) is 29.8 Å². The molecule has 6 nitrogen and oxygen atoms in total. The number of hydrogen-bond donors (Lipinski definition) is 1. The molecule has 1 aromatic rings. The molecule has 1 aliphatic rings. The van der Waals surface area contributed by atoms with Gasteiger partial charge >= 0.3 is 0 Å². The van der Waals surface area contributed by atoms with Crippen LogP contribution in [0.25, 0.3) is 0 Å². The van der Waals surface area contributed by atoms with E-state index in [-0.39, 0.29) is 12.4 Å². The van der Waals surface area contributed by atoms with Crippen molar-refractivity contribution in [1.29, 1.82) is 0 Å². The highest BCUT2D eigenvalue weighted by atomic mass is 32.2. The van der Waals surface area contributed by atoms with E-state index in [1.807, 2.05) is 7.05 Å². The molecule has 0 aliphatic carbocycles. The molecule has 1 saturated heterocycles. The summed E-state index contributed by atoms with van der Waals surface area (Å²) in [6.07, 6.45) is 0. The lowest BCUT2D eigenvalue weighted by Crippen LogP contribution is -2.53. The normalized spacial score (nSPS) is 18.8. The Hall–Kier alpha value is -1.29. The first kappa shape index (κ1) is 18.1. The second-order valence-electron chi connectivity index (χ2n) is 5.61. The van der Waals surface area contributed by atoms with Crippen LogP contribution in [-0.4, -0.2) is 63.5 Å². The van der Waals surface area contributed by atoms with Gasteiger partial charge in [-0.1, -0.05) is 0 Å². The summed E-state index contributed by atoms with van der Waals surface area (Å²) >= 11 is 0. The lowest BCUT2D eigenvalue weighted by Gasteiger charge is -2.32. The second kappa shape index (κ2) is 7.52. The van der Waals surface area contributed by atoms with Gasteiger partial charge in [-0.2, -0.15) is 17.4 Å². The molecule has 23 heavy (non-hydrogen) atoms. The Morgan fingerprint density at radius 3 is 2.52 bits per heavy atom. The summed E-state index contributed by atoms with van der Waals surface area (Å²) < 4.78 is 59.8. The minimum Gasteiger partial charge on any atom is -0.489 e. The van der Waals surface area contributed by atoms with Gasteiger partial charge in [-0.05, 0) is 26.1 Å². The molecule has 1 atom stereocenters. The Morgan fingerprint density at radius 1 is 1.26 bits per heavy atom. The maximum absolute atomic E-state index is 13.4. The Labute approximate surface area is 135 Å². The standard InChI is InChI=1S/C14H21F2N3O3S/c1-11(10-22-14-4-3-12(15)9-13(14)16)17-23(20,21)19-7-5-18(2)6-8-19/h3-4,9,11,17H,5-8,10H2,1-2H3. The minimum absolute atomic E-state index is 0.0600. The third kappa shape index (κ3) is 5.10. The van der Waals surface area contributed by atoms with E-state index in [0.29, 0.717) is 32.2 Å². The summed E-state index contributed by atoms with van der Waals surface area (Å²) in [5.74, 6) is -1.63. The van der Waals surface area contributed by atoms with Crippen molar-refractivity contribution in [3.8, 4) is 5.75 Å². The van der Waals surface area contributed by atoms with Crippen molar-refractivity contribution >= 4 is 10.2 Å². The number of likely N-dealkylation sites (N-methyl/N-ethyl adjacent to an activating group) is 1. The van der Waals surface area contributed by atoms with E-state index in [1.54, 1.807) is 6.92 Å². The minimum atomic E-state index is -3.60. The number of nitrogens with zero attached hydrogens (tertiary/aromatic N) is 2. The van der Waals surface area contributed by atoms with Crippen molar-refractivity contribution in [2.24, 2.45) is 0 Å². The predicted octanol–water partition coefficient (Wildman–Crippen LogP) is 0.814. The molecule has 1 unspecified atom stereocenters. The van der Waals surface area contributed by atoms with Gasteiger partial charge in [-0.25, -0.2) is 8.78 Å². The maximum Gasteiger partial charge on any atom is 0.279 e. The Bertz CT molecular complexity index is 634. The van der Waals surface area contributed by atoms with Crippen molar-refractivity contribution in [2.45, 2.75) is 13.0 Å². The third-order valence-electron chi connectivity index (χ3n) is 3.54. The molecule has 0 saturated carbocycles. The van der Waals surface area contributed by atoms with E-state index in [0.717, 1.165) is 6.07 Å². The average Bonchev–Trinajstić information content (AvgIpc) is 2.46. The van der Waals surface area contributed by atoms with Gasteiger partial charge in [-0.3, -0.25) is 0 Å². The van der Waals surface area contributed by atoms with E-state index in [9.17, 15) is 17.2 Å². The number of ether oxygens (including phenoxy) is 1. The van der Waals surface area contributed by atoms with Crippen molar-refractivity contribution in [3.63, 3.8) is 0 Å². The van der Waals surface area contributed by atoms with Crippen molar-refractivity contribution in [1.82, 2.24) is 13.9 Å². The maximum atomic E-state index is 13.4. The summed E-state index contributed by atoms with van der Waals surface area (Å²) in [5.41, 5.74) is 0. The molecule has 9 heteroatoms. The molecule has 130 valence electrons. The van der Waals surface area contributed by atoms with Crippen LogP contribution in [0.2, 0.25) is 0 Å².